The molecule has 8 nitrogen and oxygen atoms in total. The Labute approximate surface area is 494 Å². The Morgan fingerprint density at radius 1 is 0.418 bits per heavy atom. The SMILES string of the molecule is CCCCCCCCCCCCCCCCCCCC/C=C\CCCCCCCCCCCCCCCCCCCC(=O)NC(COP(=O)(O)OCC[N+](C)(C)C)C(O)CCCCCCCCCCCCCCCCCCCC. The van der Waals surface area contributed by atoms with E-state index in [1.807, 2.05) is 21.1 Å². The zero-order valence-corrected chi connectivity index (χ0v) is 55.1. The van der Waals surface area contributed by atoms with Gasteiger partial charge in [-0.05, 0) is 38.5 Å². The molecular weight excluding hydrogens is 996 g/mol. The molecule has 9 heteroatoms. The number of aliphatic hydroxyl groups is 1. The standard InChI is InChI=1S/C70H141N2O6P/c1-6-8-10-12-14-16-18-20-22-24-26-27-28-29-30-31-32-33-34-35-36-37-38-39-40-41-42-43-44-45-46-48-50-52-54-56-58-60-62-64-70(74)71-68(67-78-79(75,76)77-66-65-72(3,4)5)69(73)63-61-59-57-55-53-51-49-47-25-23-21-19-17-15-13-11-9-7-2/h35-36,68-69,73H,6-34,37-67H2,1-5H3,(H-,71,74,75,76)/p+1/b36-35-. The quantitative estimate of drug-likeness (QED) is 0.0243. The Bertz CT molecular complexity index is 1290. The molecule has 0 rings (SSSR count). The molecule has 472 valence electrons. The predicted molar refractivity (Wildman–Crippen MR) is 346 cm³/mol. The minimum Gasteiger partial charge on any atom is -0.391 e. The van der Waals surface area contributed by atoms with Gasteiger partial charge < -0.3 is 19.8 Å². The van der Waals surface area contributed by atoms with Gasteiger partial charge in [-0.15, -0.1) is 0 Å². The van der Waals surface area contributed by atoms with Crippen LogP contribution in [0.1, 0.15) is 380 Å². The summed E-state index contributed by atoms with van der Waals surface area (Å²) in [5.41, 5.74) is 0. The van der Waals surface area contributed by atoms with Crippen LogP contribution in [0.15, 0.2) is 12.2 Å². The maximum Gasteiger partial charge on any atom is 0.472 e. The molecule has 3 atom stereocenters. The molecule has 0 spiro atoms. The minimum atomic E-state index is -4.32. The van der Waals surface area contributed by atoms with Crippen molar-refractivity contribution in [2.45, 2.75) is 392 Å². The molecule has 3 unspecified atom stereocenters. The number of phosphoric acid groups is 1. The highest BCUT2D eigenvalue weighted by atomic mass is 31.2. The van der Waals surface area contributed by atoms with Crippen LogP contribution >= 0.6 is 7.82 Å². The van der Waals surface area contributed by atoms with Crippen molar-refractivity contribution in [3.8, 4) is 0 Å². The number of carbonyl (C=O) groups excluding carboxylic acids is 1. The number of phosphoric ester groups is 1. The Hall–Kier alpha value is -0.760. The molecule has 0 aromatic heterocycles. The number of hydrogen-bond acceptors (Lipinski definition) is 5. The molecule has 0 bridgehead atoms. The van der Waals surface area contributed by atoms with Crippen LogP contribution in [-0.4, -0.2) is 73.4 Å². The van der Waals surface area contributed by atoms with Gasteiger partial charge in [0, 0.05) is 6.42 Å². The highest BCUT2D eigenvalue weighted by Crippen LogP contribution is 2.43. The van der Waals surface area contributed by atoms with Gasteiger partial charge >= 0.3 is 7.82 Å². The fourth-order valence-electron chi connectivity index (χ4n) is 11.2. The van der Waals surface area contributed by atoms with Gasteiger partial charge in [-0.25, -0.2) is 4.57 Å². The van der Waals surface area contributed by atoms with Gasteiger partial charge in [0.25, 0.3) is 0 Å². The lowest BCUT2D eigenvalue weighted by Crippen LogP contribution is -2.46. The Kier molecular flexibility index (Phi) is 61.2. The fourth-order valence-corrected chi connectivity index (χ4v) is 12.0. The summed E-state index contributed by atoms with van der Waals surface area (Å²) >= 11 is 0. The van der Waals surface area contributed by atoms with E-state index in [0.29, 0.717) is 23.9 Å². The third-order valence-corrected chi connectivity index (χ3v) is 17.7. The van der Waals surface area contributed by atoms with E-state index in [9.17, 15) is 19.4 Å². The van der Waals surface area contributed by atoms with E-state index >= 15 is 0 Å². The van der Waals surface area contributed by atoms with E-state index in [1.54, 1.807) is 0 Å². The first-order chi connectivity index (χ1) is 38.5. The molecule has 0 aliphatic heterocycles. The summed E-state index contributed by atoms with van der Waals surface area (Å²) in [7, 11) is 1.64. The van der Waals surface area contributed by atoms with Crippen LogP contribution in [0.3, 0.4) is 0 Å². The first-order valence-electron chi connectivity index (χ1n) is 35.6. The third-order valence-electron chi connectivity index (χ3n) is 16.8. The lowest BCUT2D eigenvalue weighted by atomic mass is 10.0. The number of allylic oxidation sites excluding steroid dienone is 2. The second kappa shape index (κ2) is 61.8. The predicted octanol–water partition coefficient (Wildman–Crippen LogP) is 22.5. The highest BCUT2D eigenvalue weighted by molar-refractivity contribution is 7.47. The molecule has 0 heterocycles. The van der Waals surface area contributed by atoms with Crippen molar-refractivity contribution in [2.24, 2.45) is 0 Å². The van der Waals surface area contributed by atoms with Gasteiger partial charge in [0.1, 0.15) is 13.2 Å². The molecular formula is C70H142N2O6P+. The lowest BCUT2D eigenvalue weighted by molar-refractivity contribution is -0.870. The Morgan fingerprint density at radius 3 is 0.975 bits per heavy atom. The smallest absolute Gasteiger partial charge is 0.391 e. The zero-order valence-electron chi connectivity index (χ0n) is 54.2. The molecule has 0 saturated carbocycles. The molecule has 0 radical (unpaired) electrons. The summed E-state index contributed by atoms with van der Waals surface area (Å²) in [5, 5.41) is 14.1. The largest absolute Gasteiger partial charge is 0.472 e. The van der Waals surface area contributed by atoms with Crippen LogP contribution in [0.2, 0.25) is 0 Å². The molecule has 0 fully saturated rings. The first kappa shape index (κ1) is 78.2. The molecule has 0 aromatic rings. The minimum absolute atomic E-state index is 0.0781. The van der Waals surface area contributed by atoms with Crippen molar-refractivity contribution in [1.29, 1.82) is 0 Å². The molecule has 0 saturated heterocycles. The number of amides is 1. The van der Waals surface area contributed by atoms with Gasteiger partial charge in [-0.2, -0.15) is 0 Å². The summed E-state index contributed by atoms with van der Waals surface area (Å²) in [6.45, 7) is 4.95. The fraction of sp³-hybridized carbons (Fsp3) is 0.957. The van der Waals surface area contributed by atoms with Crippen molar-refractivity contribution >= 4 is 13.7 Å². The normalized spacial score (nSPS) is 13.7. The van der Waals surface area contributed by atoms with Gasteiger partial charge in [-0.1, -0.05) is 347 Å². The van der Waals surface area contributed by atoms with Crippen molar-refractivity contribution < 1.29 is 32.9 Å². The summed E-state index contributed by atoms with van der Waals surface area (Å²) in [6, 6.07) is -0.758. The van der Waals surface area contributed by atoms with Crippen LogP contribution in [0, 0.1) is 0 Å². The third kappa shape index (κ3) is 64.7. The number of unbranched alkanes of at least 4 members (excludes halogenated alkanes) is 52. The average molecular weight is 1140 g/mol. The molecule has 1 amide bonds. The molecule has 0 aliphatic carbocycles. The van der Waals surface area contributed by atoms with Crippen molar-refractivity contribution in [3.63, 3.8) is 0 Å². The summed E-state index contributed by atoms with van der Waals surface area (Å²) in [6.07, 6.45) is 79.0. The van der Waals surface area contributed by atoms with Crippen LogP contribution in [-0.2, 0) is 18.4 Å². The van der Waals surface area contributed by atoms with E-state index in [-0.39, 0.29) is 19.1 Å². The van der Waals surface area contributed by atoms with E-state index in [4.69, 9.17) is 9.05 Å². The summed E-state index contributed by atoms with van der Waals surface area (Å²) in [5.74, 6) is -0.136. The van der Waals surface area contributed by atoms with Gasteiger partial charge in [0.2, 0.25) is 5.91 Å². The maximum atomic E-state index is 13.1. The Balaban J connectivity index is 3.87. The van der Waals surface area contributed by atoms with Gasteiger partial charge in [-0.3, -0.25) is 13.8 Å². The van der Waals surface area contributed by atoms with E-state index in [0.717, 1.165) is 38.5 Å². The number of nitrogens with one attached hydrogen (secondary N) is 1. The van der Waals surface area contributed by atoms with E-state index < -0.39 is 20.0 Å². The van der Waals surface area contributed by atoms with Crippen molar-refractivity contribution in [1.82, 2.24) is 5.32 Å². The number of nitrogens with zero attached hydrogens (tertiary/aromatic N) is 1. The number of quaternary nitrogens is 1. The summed E-state index contributed by atoms with van der Waals surface area (Å²) in [4.78, 5) is 23.4. The zero-order chi connectivity index (χ0) is 57.7. The molecule has 79 heavy (non-hydrogen) atoms. The monoisotopic (exact) mass is 1140 g/mol. The van der Waals surface area contributed by atoms with Gasteiger partial charge in [0.05, 0.1) is 39.9 Å². The number of rotatable bonds is 67. The molecule has 3 N–H and O–H groups in total. The number of hydrogen-bond donors (Lipinski definition) is 3. The molecule has 0 aromatic carbocycles. The van der Waals surface area contributed by atoms with Crippen LogP contribution in [0.4, 0.5) is 0 Å². The van der Waals surface area contributed by atoms with Crippen LogP contribution in [0.25, 0.3) is 0 Å². The first-order valence-corrected chi connectivity index (χ1v) is 37.0. The number of aliphatic hydroxyl groups excluding tert-OH is 1. The lowest BCUT2D eigenvalue weighted by Gasteiger charge is -2.26. The number of likely N-dealkylation sites (N-methyl/N-ethyl adjacent to an activating group) is 1. The Morgan fingerprint density at radius 2 is 0.684 bits per heavy atom. The van der Waals surface area contributed by atoms with Crippen molar-refractivity contribution in [2.75, 3.05) is 40.9 Å². The van der Waals surface area contributed by atoms with Gasteiger partial charge in [0.15, 0.2) is 0 Å². The molecule has 0 aliphatic rings. The van der Waals surface area contributed by atoms with Crippen molar-refractivity contribution in [3.05, 3.63) is 12.2 Å². The summed E-state index contributed by atoms with van der Waals surface area (Å²) < 4.78 is 23.9. The highest BCUT2D eigenvalue weighted by Gasteiger charge is 2.28. The average Bonchev–Trinajstić information content (AvgIpc) is 3.42. The van der Waals surface area contributed by atoms with Crippen LogP contribution in [0.5, 0.6) is 0 Å². The second-order valence-corrected chi connectivity index (χ2v) is 27.4. The van der Waals surface area contributed by atoms with E-state index in [1.165, 1.54) is 315 Å². The van der Waals surface area contributed by atoms with E-state index in [2.05, 4.69) is 31.3 Å². The maximum absolute atomic E-state index is 13.1. The second-order valence-electron chi connectivity index (χ2n) is 26.0. The van der Waals surface area contributed by atoms with Crippen LogP contribution < -0.4 is 5.32 Å². The topological polar surface area (TPSA) is 105 Å². The number of carbonyl (C=O) groups is 1.